The largest absolute Gasteiger partial charge is 0.454 e. The number of fused-ring (bicyclic) bond motifs is 1. The number of hydrogen-bond acceptors (Lipinski definition) is 4. The highest BCUT2D eigenvalue weighted by molar-refractivity contribution is 9.10. The molecule has 1 aliphatic heterocycles. The number of nitrogens with zero attached hydrogens (tertiary/aromatic N) is 1. The molecule has 2 aromatic rings. The Morgan fingerprint density at radius 2 is 1.96 bits per heavy atom. The monoisotopic (exact) mass is 373 g/mol. The third kappa shape index (κ3) is 2.96. The van der Waals surface area contributed by atoms with E-state index in [2.05, 4.69) is 15.9 Å². The summed E-state index contributed by atoms with van der Waals surface area (Å²) < 4.78 is 24.9. The molecule has 0 spiro atoms. The highest BCUT2D eigenvalue weighted by atomic mass is 79.9. The van der Waals surface area contributed by atoms with Crippen LogP contribution in [0.15, 0.2) is 46.4 Å². The van der Waals surface area contributed by atoms with Crippen LogP contribution in [0, 0.1) is 17.1 Å². The van der Waals surface area contributed by atoms with Gasteiger partial charge >= 0.3 is 0 Å². The summed E-state index contributed by atoms with van der Waals surface area (Å²) in [5.41, 5.74) is 0.252. The Hall–Kier alpha value is -2.65. The van der Waals surface area contributed by atoms with Crippen LogP contribution >= 0.6 is 15.9 Å². The predicted molar refractivity (Wildman–Crippen MR) is 84.6 cm³/mol. The topological polar surface area (TPSA) is 59.3 Å². The Morgan fingerprint density at radius 1 is 1.26 bits per heavy atom. The van der Waals surface area contributed by atoms with Crippen LogP contribution in [0.4, 0.5) is 4.39 Å². The standard InChI is InChI=1S/C17H9BrFNO3/c18-13-7-16-15(22-9-23-16)6-10(13)5-11(8-20)17(21)12-3-1-2-4-14(12)19/h1-7H,9H2/b11-5+. The first-order valence-corrected chi connectivity index (χ1v) is 7.39. The van der Waals surface area contributed by atoms with E-state index in [-0.39, 0.29) is 17.9 Å². The van der Waals surface area contributed by atoms with Crippen molar-refractivity contribution in [1.29, 1.82) is 5.26 Å². The lowest BCUT2D eigenvalue weighted by atomic mass is 10.0. The average Bonchev–Trinajstić information content (AvgIpc) is 2.99. The van der Waals surface area contributed by atoms with Crippen LogP contribution in [0.3, 0.4) is 0 Å². The van der Waals surface area contributed by atoms with Crippen molar-refractivity contribution in [2.45, 2.75) is 0 Å². The number of rotatable bonds is 3. The maximum atomic E-state index is 13.7. The summed E-state index contributed by atoms with van der Waals surface area (Å²) >= 11 is 3.35. The molecule has 1 aliphatic rings. The van der Waals surface area contributed by atoms with E-state index in [1.165, 1.54) is 24.3 Å². The van der Waals surface area contributed by atoms with Crippen LogP contribution < -0.4 is 9.47 Å². The lowest BCUT2D eigenvalue weighted by Gasteiger charge is -2.04. The van der Waals surface area contributed by atoms with Crippen molar-refractivity contribution in [3.63, 3.8) is 0 Å². The number of ketones is 1. The SMILES string of the molecule is N#C/C(=C\c1cc2c(cc1Br)OCO2)C(=O)c1ccccc1F. The third-order valence-electron chi connectivity index (χ3n) is 3.28. The smallest absolute Gasteiger partial charge is 0.231 e. The molecule has 0 N–H and O–H groups in total. The molecule has 114 valence electrons. The Labute approximate surface area is 139 Å². The molecule has 0 atom stereocenters. The second-order valence-corrected chi connectivity index (χ2v) is 5.56. The number of allylic oxidation sites excluding steroid dienone is 1. The number of hydrogen-bond donors (Lipinski definition) is 0. The second kappa shape index (κ2) is 6.23. The molecule has 0 saturated carbocycles. The normalized spacial score (nSPS) is 12.8. The fraction of sp³-hybridized carbons (Fsp3) is 0.0588. The third-order valence-corrected chi connectivity index (χ3v) is 3.96. The van der Waals surface area contributed by atoms with Gasteiger partial charge in [0.25, 0.3) is 0 Å². The van der Waals surface area contributed by atoms with Crippen LogP contribution in [0.2, 0.25) is 0 Å². The van der Waals surface area contributed by atoms with Gasteiger partial charge in [-0.2, -0.15) is 5.26 Å². The molecule has 0 amide bonds. The Morgan fingerprint density at radius 3 is 2.65 bits per heavy atom. The molecular formula is C17H9BrFNO3. The number of carbonyl (C=O) groups excluding carboxylic acids is 1. The lowest BCUT2D eigenvalue weighted by molar-refractivity contribution is 0.103. The van der Waals surface area contributed by atoms with Gasteiger partial charge in [0, 0.05) is 4.47 Å². The average molecular weight is 374 g/mol. The molecule has 0 saturated heterocycles. The highest BCUT2D eigenvalue weighted by Gasteiger charge is 2.19. The number of benzene rings is 2. The molecule has 6 heteroatoms. The quantitative estimate of drug-likeness (QED) is 0.461. The van der Waals surface area contributed by atoms with Gasteiger partial charge < -0.3 is 9.47 Å². The minimum atomic E-state index is -0.671. The predicted octanol–water partition coefficient (Wildman–Crippen LogP) is 4.11. The fourth-order valence-corrected chi connectivity index (χ4v) is 2.57. The van der Waals surface area contributed by atoms with E-state index in [9.17, 15) is 14.4 Å². The zero-order valence-corrected chi connectivity index (χ0v) is 13.3. The zero-order chi connectivity index (χ0) is 16.4. The molecule has 3 rings (SSSR count). The summed E-state index contributed by atoms with van der Waals surface area (Å²) in [6, 6.07) is 10.7. The fourth-order valence-electron chi connectivity index (χ4n) is 2.14. The molecule has 0 radical (unpaired) electrons. The van der Waals surface area contributed by atoms with Gasteiger partial charge in [0.05, 0.1) is 5.56 Å². The van der Waals surface area contributed by atoms with E-state index in [1.54, 1.807) is 18.2 Å². The molecule has 1 heterocycles. The summed E-state index contributed by atoms with van der Waals surface area (Å²) in [6.45, 7) is 0.119. The van der Waals surface area contributed by atoms with Crippen molar-refractivity contribution < 1.29 is 18.7 Å². The summed E-state index contributed by atoms with van der Waals surface area (Å²) in [6.07, 6.45) is 1.39. The highest BCUT2D eigenvalue weighted by Crippen LogP contribution is 2.37. The van der Waals surface area contributed by atoms with Gasteiger partial charge in [-0.05, 0) is 35.9 Å². The van der Waals surface area contributed by atoms with E-state index in [1.807, 2.05) is 6.07 Å². The van der Waals surface area contributed by atoms with Crippen molar-refractivity contribution in [2.24, 2.45) is 0 Å². The van der Waals surface area contributed by atoms with Crippen LogP contribution in [-0.2, 0) is 0 Å². The maximum absolute atomic E-state index is 13.7. The molecule has 0 bridgehead atoms. The molecule has 2 aromatic carbocycles. The zero-order valence-electron chi connectivity index (χ0n) is 11.7. The minimum Gasteiger partial charge on any atom is -0.454 e. The van der Waals surface area contributed by atoms with E-state index in [4.69, 9.17) is 9.47 Å². The lowest BCUT2D eigenvalue weighted by Crippen LogP contribution is -2.04. The Kier molecular flexibility index (Phi) is 4.13. The van der Waals surface area contributed by atoms with Gasteiger partial charge in [-0.25, -0.2) is 4.39 Å². The first kappa shape index (κ1) is 15.3. The van der Waals surface area contributed by atoms with Gasteiger partial charge in [-0.3, -0.25) is 4.79 Å². The molecule has 0 aliphatic carbocycles. The van der Waals surface area contributed by atoms with E-state index >= 15 is 0 Å². The van der Waals surface area contributed by atoms with Crippen molar-refractivity contribution in [1.82, 2.24) is 0 Å². The molecular weight excluding hydrogens is 365 g/mol. The minimum absolute atomic E-state index is 0.119. The molecule has 0 aromatic heterocycles. The van der Waals surface area contributed by atoms with Crippen LogP contribution in [0.5, 0.6) is 11.5 Å². The summed E-state index contributed by atoms with van der Waals surface area (Å²) in [4.78, 5) is 12.3. The van der Waals surface area contributed by atoms with E-state index < -0.39 is 11.6 Å². The Bertz CT molecular complexity index is 871. The van der Waals surface area contributed by atoms with Crippen molar-refractivity contribution in [2.75, 3.05) is 6.79 Å². The Balaban J connectivity index is 2.02. The van der Waals surface area contributed by atoms with E-state index in [0.29, 0.717) is 21.5 Å². The van der Waals surface area contributed by atoms with Gasteiger partial charge in [0.15, 0.2) is 11.5 Å². The number of Topliss-reactive ketones (excluding diaryl/α,β-unsaturated/α-hetero) is 1. The number of carbonyl (C=O) groups is 1. The first-order chi connectivity index (χ1) is 11.1. The van der Waals surface area contributed by atoms with Crippen LogP contribution in [-0.4, -0.2) is 12.6 Å². The van der Waals surface area contributed by atoms with Crippen molar-refractivity contribution >= 4 is 27.8 Å². The molecule has 4 nitrogen and oxygen atoms in total. The number of nitriles is 1. The van der Waals surface area contributed by atoms with Crippen LogP contribution in [0.1, 0.15) is 15.9 Å². The number of ether oxygens (including phenoxy) is 2. The summed E-state index contributed by atoms with van der Waals surface area (Å²) in [5.74, 6) is -0.235. The summed E-state index contributed by atoms with van der Waals surface area (Å²) in [5, 5.41) is 9.26. The molecule has 0 unspecified atom stereocenters. The molecule has 0 fully saturated rings. The van der Waals surface area contributed by atoms with Gasteiger partial charge in [-0.15, -0.1) is 0 Å². The molecule has 23 heavy (non-hydrogen) atoms. The van der Waals surface area contributed by atoms with Gasteiger partial charge in [0.2, 0.25) is 12.6 Å². The first-order valence-electron chi connectivity index (χ1n) is 6.60. The van der Waals surface area contributed by atoms with Crippen molar-refractivity contribution in [3.8, 4) is 17.6 Å². The maximum Gasteiger partial charge on any atom is 0.231 e. The summed E-state index contributed by atoms with van der Waals surface area (Å²) in [7, 11) is 0. The second-order valence-electron chi connectivity index (χ2n) is 4.71. The van der Waals surface area contributed by atoms with Crippen molar-refractivity contribution in [3.05, 3.63) is 63.4 Å². The number of halogens is 2. The van der Waals surface area contributed by atoms with Crippen LogP contribution in [0.25, 0.3) is 6.08 Å². The van der Waals surface area contributed by atoms with Gasteiger partial charge in [0.1, 0.15) is 17.5 Å². The van der Waals surface area contributed by atoms with Gasteiger partial charge in [-0.1, -0.05) is 28.1 Å². The van der Waals surface area contributed by atoms with E-state index in [0.717, 1.165) is 0 Å².